The molecular weight excluding hydrogens is 210 g/mol. The van der Waals surface area contributed by atoms with Gasteiger partial charge in [0.25, 0.3) is 0 Å². The molecule has 1 unspecified atom stereocenters. The maximum Gasteiger partial charge on any atom is 0.0574 e. The number of hydrogen-bond acceptors (Lipinski definition) is 3. The van der Waals surface area contributed by atoms with Gasteiger partial charge in [-0.05, 0) is 57.5 Å². The summed E-state index contributed by atoms with van der Waals surface area (Å²) in [5.41, 5.74) is 9.10. The molecule has 0 aromatic heterocycles. The molecule has 94 valence electrons. The van der Waals surface area contributed by atoms with Gasteiger partial charge in [0.1, 0.15) is 0 Å². The second kappa shape index (κ2) is 5.41. The molecule has 0 aliphatic carbocycles. The zero-order chi connectivity index (χ0) is 12.3. The molecule has 1 aliphatic rings. The van der Waals surface area contributed by atoms with Gasteiger partial charge in [-0.15, -0.1) is 0 Å². The molecule has 3 N–H and O–H groups in total. The standard InChI is InChI=1S/C14H23N3/c1-11-5-6-14(13(15)9-11)16-10-12(2)17-7-3-4-8-17/h5-6,9,12,16H,3-4,7-8,10,15H2,1-2H3. The minimum absolute atomic E-state index is 0.582. The van der Waals surface area contributed by atoms with Crippen LogP contribution in [0.15, 0.2) is 18.2 Å². The van der Waals surface area contributed by atoms with Gasteiger partial charge < -0.3 is 11.1 Å². The average Bonchev–Trinajstić information content (AvgIpc) is 2.81. The van der Waals surface area contributed by atoms with Gasteiger partial charge in [-0.1, -0.05) is 6.07 Å². The Kier molecular flexibility index (Phi) is 3.89. The Labute approximate surface area is 104 Å². The summed E-state index contributed by atoms with van der Waals surface area (Å²) >= 11 is 0. The Bertz CT molecular complexity index is 370. The molecule has 1 aromatic carbocycles. The molecule has 0 amide bonds. The van der Waals surface area contributed by atoms with Crippen molar-refractivity contribution in [3.63, 3.8) is 0 Å². The number of rotatable bonds is 4. The van der Waals surface area contributed by atoms with E-state index in [9.17, 15) is 0 Å². The van der Waals surface area contributed by atoms with Crippen molar-refractivity contribution in [1.82, 2.24) is 4.90 Å². The molecule has 1 saturated heterocycles. The third-order valence-corrected chi connectivity index (χ3v) is 3.56. The molecule has 3 heteroatoms. The molecule has 1 heterocycles. The highest BCUT2D eigenvalue weighted by molar-refractivity contribution is 5.66. The number of nitrogen functional groups attached to an aromatic ring is 1. The lowest BCUT2D eigenvalue weighted by Gasteiger charge is -2.24. The van der Waals surface area contributed by atoms with Crippen LogP contribution in [0.1, 0.15) is 25.3 Å². The summed E-state index contributed by atoms with van der Waals surface area (Å²) in [6, 6.07) is 6.77. The SMILES string of the molecule is Cc1ccc(NCC(C)N2CCCC2)c(N)c1. The molecule has 1 aliphatic heterocycles. The first-order valence-electron chi connectivity index (χ1n) is 6.51. The van der Waals surface area contributed by atoms with E-state index in [0.29, 0.717) is 6.04 Å². The molecule has 2 rings (SSSR count). The van der Waals surface area contributed by atoms with E-state index in [1.54, 1.807) is 0 Å². The summed E-state index contributed by atoms with van der Waals surface area (Å²) in [6.07, 6.45) is 2.69. The van der Waals surface area contributed by atoms with Crippen molar-refractivity contribution in [2.75, 3.05) is 30.7 Å². The van der Waals surface area contributed by atoms with Crippen LogP contribution < -0.4 is 11.1 Å². The lowest BCUT2D eigenvalue weighted by Crippen LogP contribution is -2.35. The summed E-state index contributed by atoms with van der Waals surface area (Å²) in [5.74, 6) is 0. The highest BCUT2D eigenvalue weighted by Gasteiger charge is 2.17. The summed E-state index contributed by atoms with van der Waals surface area (Å²) in [6.45, 7) is 7.79. The van der Waals surface area contributed by atoms with E-state index in [2.05, 4.69) is 36.2 Å². The van der Waals surface area contributed by atoms with Crippen LogP contribution in [0.2, 0.25) is 0 Å². The maximum absolute atomic E-state index is 5.98. The van der Waals surface area contributed by atoms with Crippen LogP contribution in [-0.4, -0.2) is 30.6 Å². The summed E-state index contributed by atoms with van der Waals surface area (Å²) in [5, 5.41) is 3.45. The van der Waals surface area contributed by atoms with Gasteiger partial charge >= 0.3 is 0 Å². The number of aryl methyl sites for hydroxylation is 1. The normalized spacial score (nSPS) is 18.2. The predicted molar refractivity (Wildman–Crippen MR) is 74.4 cm³/mol. The van der Waals surface area contributed by atoms with Gasteiger partial charge in [0, 0.05) is 12.6 Å². The first-order valence-corrected chi connectivity index (χ1v) is 6.51. The van der Waals surface area contributed by atoms with Gasteiger partial charge in [0.05, 0.1) is 11.4 Å². The molecule has 3 nitrogen and oxygen atoms in total. The van der Waals surface area contributed by atoms with Crippen molar-refractivity contribution in [3.05, 3.63) is 23.8 Å². The van der Waals surface area contributed by atoms with E-state index in [1.807, 2.05) is 6.07 Å². The minimum Gasteiger partial charge on any atom is -0.397 e. The molecule has 1 atom stereocenters. The zero-order valence-electron chi connectivity index (χ0n) is 10.9. The molecule has 0 radical (unpaired) electrons. The number of hydrogen-bond donors (Lipinski definition) is 2. The molecule has 0 bridgehead atoms. The lowest BCUT2D eigenvalue weighted by atomic mass is 10.2. The third-order valence-electron chi connectivity index (χ3n) is 3.56. The van der Waals surface area contributed by atoms with Crippen molar-refractivity contribution in [1.29, 1.82) is 0 Å². The zero-order valence-corrected chi connectivity index (χ0v) is 10.9. The van der Waals surface area contributed by atoms with Crippen molar-refractivity contribution in [2.45, 2.75) is 32.7 Å². The van der Waals surface area contributed by atoms with E-state index in [1.165, 1.54) is 31.5 Å². The molecule has 1 fully saturated rings. The fourth-order valence-electron chi connectivity index (χ4n) is 2.41. The molecular formula is C14H23N3. The largest absolute Gasteiger partial charge is 0.397 e. The fourth-order valence-corrected chi connectivity index (χ4v) is 2.41. The van der Waals surface area contributed by atoms with Crippen LogP contribution in [0.4, 0.5) is 11.4 Å². The Balaban J connectivity index is 1.88. The van der Waals surface area contributed by atoms with Crippen LogP contribution >= 0.6 is 0 Å². The third kappa shape index (κ3) is 3.13. The van der Waals surface area contributed by atoms with Gasteiger partial charge in [-0.3, -0.25) is 4.90 Å². The van der Waals surface area contributed by atoms with Gasteiger partial charge in [0.15, 0.2) is 0 Å². The van der Waals surface area contributed by atoms with E-state index in [4.69, 9.17) is 5.73 Å². The Morgan fingerprint density at radius 1 is 1.35 bits per heavy atom. The number of benzene rings is 1. The molecule has 0 saturated carbocycles. The smallest absolute Gasteiger partial charge is 0.0574 e. The molecule has 17 heavy (non-hydrogen) atoms. The van der Waals surface area contributed by atoms with Gasteiger partial charge in [-0.25, -0.2) is 0 Å². The summed E-state index contributed by atoms with van der Waals surface area (Å²) in [7, 11) is 0. The van der Waals surface area contributed by atoms with E-state index in [-0.39, 0.29) is 0 Å². The quantitative estimate of drug-likeness (QED) is 0.785. The van der Waals surface area contributed by atoms with E-state index < -0.39 is 0 Å². The predicted octanol–water partition coefficient (Wildman–Crippen LogP) is 2.47. The van der Waals surface area contributed by atoms with Crippen molar-refractivity contribution >= 4 is 11.4 Å². The van der Waals surface area contributed by atoms with Crippen LogP contribution in [-0.2, 0) is 0 Å². The second-order valence-electron chi connectivity index (χ2n) is 5.06. The Morgan fingerprint density at radius 3 is 2.71 bits per heavy atom. The highest BCUT2D eigenvalue weighted by atomic mass is 15.2. The van der Waals surface area contributed by atoms with Gasteiger partial charge in [0.2, 0.25) is 0 Å². The first-order chi connectivity index (χ1) is 8.16. The fraction of sp³-hybridized carbons (Fsp3) is 0.571. The van der Waals surface area contributed by atoms with Crippen LogP contribution in [0.25, 0.3) is 0 Å². The molecule has 0 spiro atoms. The average molecular weight is 233 g/mol. The number of nitrogens with two attached hydrogens (primary N) is 1. The number of anilines is 2. The van der Waals surface area contributed by atoms with Crippen LogP contribution in [0.3, 0.4) is 0 Å². The topological polar surface area (TPSA) is 41.3 Å². The van der Waals surface area contributed by atoms with E-state index in [0.717, 1.165) is 17.9 Å². The summed E-state index contributed by atoms with van der Waals surface area (Å²) in [4.78, 5) is 2.54. The van der Waals surface area contributed by atoms with Crippen molar-refractivity contribution in [3.8, 4) is 0 Å². The Morgan fingerprint density at radius 2 is 2.06 bits per heavy atom. The summed E-state index contributed by atoms with van der Waals surface area (Å²) < 4.78 is 0. The van der Waals surface area contributed by atoms with Crippen molar-refractivity contribution < 1.29 is 0 Å². The maximum atomic E-state index is 5.98. The van der Waals surface area contributed by atoms with E-state index >= 15 is 0 Å². The Hall–Kier alpha value is -1.22. The van der Waals surface area contributed by atoms with Gasteiger partial charge in [-0.2, -0.15) is 0 Å². The monoisotopic (exact) mass is 233 g/mol. The number of nitrogens with zero attached hydrogens (tertiary/aromatic N) is 1. The molecule has 1 aromatic rings. The minimum atomic E-state index is 0.582. The van der Waals surface area contributed by atoms with Crippen LogP contribution in [0.5, 0.6) is 0 Å². The second-order valence-corrected chi connectivity index (χ2v) is 5.06. The number of nitrogens with one attached hydrogen (secondary N) is 1. The lowest BCUT2D eigenvalue weighted by molar-refractivity contribution is 0.269. The first kappa shape index (κ1) is 12.2. The number of likely N-dealkylation sites (tertiary alicyclic amines) is 1. The van der Waals surface area contributed by atoms with Crippen molar-refractivity contribution in [2.24, 2.45) is 0 Å². The highest BCUT2D eigenvalue weighted by Crippen LogP contribution is 2.20. The van der Waals surface area contributed by atoms with Crippen LogP contribution in [0, 0.1) is 6.92 Å².